The quantitative estimate of drug-likeness (QED) is 0.494. The zero-order chi connectivity index (χ0) is 22.6. The highest BCUT2D eigenvalue weighted by molar-refractivity contribution is 6.07. The summed E-state index contributed by atoms with van der Waals surface area (Å²) in [5.74, 6) is -3.02. The molecule has 0 aliphatic rings. The van der Waals surface area contributed by atoms with Crippen LogP contribution in [0.5, 0.6) is 0 Å². The maximum absolute atomic E-state index is 13.7. The number of aliphatic hydroxyl groups excluding tert-OH is 1. The minimum atomic E-state index is -1.57. The molecule has 9 heteroatoms. The van der Waals surface area contributed by atoms with E-state index in [4.69, 9.17) is 5.11 Å². The number of carboxylic acids is 1. The molecule has 0 unspecified atom stereocenters. The molecule has 2 rings (SSSR count). The van der Waals surface area contributed by atoms with Crippen molar-refractivity contribution in [3.63, 3.8) is 0 Å². The zero-order valence-corrected chi connectivity index (χ0v) is 17.0. The van der Waals surface area contributed by atoms with Crippen LogP contribution in [0.2, 0.25) is 0 Å². The SMILES string of the molecule is Cc1cc(C)c(NC(=O)Nc2cc(F)ccc2C(=O)N[C@H](C(=O)O)[C@@H](C)O)c(C)c1. The van der Waals surface area contributed by atoms with Crippen molar-refractivity contribution in [2.75, 3.05) is 10.6 Å². The van der Waals surface area contributed by atoms with Crippen LogP contribution in [0.15, 0.2) is 30.3 Å². The molecule has 30 heavy (non-hydrogen) atoms. The van der Waals surface area contributed by atoms with Crippen LogP contribution in [0.4, 0.5) is 20.6 Å². The van der Waals surface area contributed by atoms with E-state index in [0.29, 0.717) is 5.69 Å². The molecule has 5 N–H and O–H groups in total. The van der Waals surface area contributed by atoms with Crippen molar-refractivity contribution < 1.29 is 29.0 Å². The molecule has 0 spiro atoms. The average molecular weight is 417 g/mol. The molecule has 2 atom stereocenters. The van der Waals surface area contributed by atoms with Gasteiger partial charge in [-0.15, -0.1) is 0 Å². The fourth-order valence-electron chi connectivity index (χ4n) is 3.07. The van der Waals surface area contributed by atoms with Gasteiger partial charge in [0, 0.05) is 5.69 Å². The minimum absolute atomic E-state index is 0.151. The fraction of sp³-hybridized carbons (Fsp3) is 0.286. The zero-order valence-electron chi connectivity index (χ0n) is 17.0. The number of benzene rings is 2. The number of aryl methyl sites for hydroxylation is 3. The lowest BCUT2D eigenvalue weighted by Gasteiger charge is -2.19. The summed E-state index contributed by atoms with van der Waals surface area (Å²) in [5, 5.41) is 25.9. The number of rotatable bonds is 6. The molecule has 0 radical (unpaired) electrons. The number of hydrogen-bond donors (Lipinski definition) is 5. The molecule has 0 fully saturated rings. The van der Waals surface area contributed by atoms with Crippen molar-refractivity contribution in [3.05, 3.63) is 58.4 Å². The van der Waals surface area contributed by atoms with Gasteiger partial charge in [0.15, 0.2) is 6.04 Å². The van der Waals surface area contributed by atoms with Gasteiger partial charge in [-0.3, -0.25) is 4.79 Å². The first kappa shape index (κ1) is 22.8. The van der Waals surface area contributed by atoms with Gasteiger partial charge >= 0.3 is 12.0 Å². The smallest absolute Gasteiger partial charge is 0.328 e. The van der Waals surface area contributed by atoms with E-state index in [2.05, 4.69) is 16.0 Å². The largest absolute Gasteiger partial charge is 0.480 e. The van der Waals surface area contributed by atoms with Crippen molar-refractivity contribution >= 4 is 29.3 Å². The Kier molecular flexibility index (Phi) is 7.12. The third-order valence-electron chi connectivity index (χ3n) is 4.43. The summed E-state index contributed by atoms with van der Waals surface area (Å²) in [6.07, 6.45) is -1.36. The van der Waals surface area contributed by atoms with Crippen LogP contribution >= 0.6 is 0 Å². The third-order valence-corrected chi connectivity index (χ3v) is 4.43. The molecule has 0 aliphatic heterocycles. The molecular weight excluding hydrogens is 393 g/mol. The Balaban J connectivity index is 2.26. The molecule has 2 aromatic rings. The van der Waals surface area contributed by atoms with Crippen LogP contribution < -0.4 is 16.0 Å². The number of carboxylic acid groups (broad SMARTS) is 1. The monoisotopic (exact) mass is 417 g/mol. The number of aliphatic hydroxyl groups is 1. The molecule has 160 valence electrons. The van der Waals surface area contributed by atoms with E-state index in [9.17, 15) is 23.9 Å². The van der Waals surface area contributed by atoms with E-state index >= 15 is 0 Å². The summed E-state index contributed by atoms with van der Waals surface area (Å²) in [6.45, 7) is 6.80. The summed E-state index contributed by atoms with van der Waals surface area (Å²) in [7, 11) is 0. The lowest BCUT2D eigenvalue weighted by molar-refractivity contribution is -0.141. The maximum atomic E-state index is 13.7. The molecule has 0 aliphatic carbocycles. The molecule has 0 aromatic heterocycles. The minimum Gasteiger partial charge on any atom is -0.480 e. The predicted octanol–water partition coefficient (Wildman–Crippen LogP) is 2.96. The van der Waals surface area contributed by atoms with Crippen molar-refractivity contribution in [2.45, 2.75) is 39.8 Å². The van der Waals surface area contributed by atoms with E-state index < -0.39 is 35.9 Å². The first-order valence-corrected chi connectivity index (χ1v) is 9.16. The lowest BCUT2D eigenvalue weighted by atomic mass is 10.1. The number of carbonyl (C=O) groups excluding carboxylic acids is 2. The summed E-state index contributed by atoms with van der Waals surface area (Å²) in [6, 6.07) is 4.59. The van der Waals surface area contributed by atoms with Gasteiger partial charge in [0.05, 0.1) is 17.4 Å². The highest BCUT2D eigenvalue weighted by atomic mass is 19.1. The Bertz CT molecular complexity index is 968. The maximum Gasteiger partial charge on any atom is 0.328 e. The Morgan fingerprint density at radius 1 is 1.00 bits per heavy atom. The third kappa shape index (κ3) is 5.54. The number of aliphatic carboxylic acids is 1. The second kappa shape index (κ2) is 9.36. The van der Waals surface area contributed by atoms with Gasteiger partial charge in [-0.2, -0.15) is 0 Å². The second-order valence-electron chi connectivity index (χ2n) is 7.07. The number of nitrogens with one attached hydrogen (secondary N) is 3. The second-order valence-corrected chi connectivity index (χ2v) is 7.07. The van der Waals surface area contributed by atoms with E-state index in [0.717, 1.165) is 34.9 Å². The van der Waals surface area contributed by atoms with Crippen LogP contribution in [0.3, 0.4) is 0 Å². The van der Waals surface area contributed by atoms with Crippen LogP contribution in [0.1, 0.15) is 34.0 Å². The standard InChI is InChI=1S/C21H24FN3O5/c1-10-7-11(2)17(12(3)8-10)25-21(30)23-16-9-14(22)5-6-15(16)19(27)24-18(13(4)26)20(28)29/h5-9,13,18,26H,1-4H3,(H,24,27)(H,28,29)(H2,23,25,30)/t13-,18+/m1/s1. The number of urea groups is 1. The topological polar surface area (TPSA) is 128 Å². The molecular formula is C21H24FN3O5. The molecule has 0 heterocycles. The van der Waals surface area contributed by atoms with Gasteiger partial charge < -0.3 is 26.2 Å². The molecule has 0 bridgehead atoms. The Hall–Kier alpha value is -3.46. The first-order chi connectivity index (χ1) is 14.0. The van der Waals surface area contributed by atoms with Gasteiger partial charge in [-0.1, -0.05) is 17.7 Å². The summed E-state index contributed by atoms with van der Waals surface area (Å²) in [4.78, 5) is 36.2. The Morgan fingerprint density at radius 2 is 1.60 bits per heavy atom. The van der Waals surface area contributed by atoms with Crippen LogP contribution in [-0.2, 0) is 4.79 Å². The van der Waals surface area contributed by atoms with E-state index in [-0.39, 0.29) is 11.3 Å². The van der Waals surface area contributed by atoms with Crippen molar-refractivity contribution in [1.29, 1.82) is 0 Å². The molecule has 8 nitrogen and oxygen atoms in total. The van der Waals surface area contributed by atoms with Crippen molar-refractivity contribution in [2.24, 2.45) is 0 Å². The molecule has 3 amide bonds. The first-order valence-electron chi connectivity index (χ1n) is 9.16. The average Bonchev–Trinajstić information content (AvgIpc) is 2.62. The van der Waals surface area contributed by atoms with Crippen LogP contribution in [-0.4, -0.2) is 40.3 Å². The van der Waals surface area contributed by atoms with Gasteiger partial charge in [-0.05, 0) is 57.0 Å². The Labute approximate surface area is 173 Å². The van der Waals surface area contributed by atoms with Gasteiger partial charge in [0.2, 0.25) is 0 Å². The van der Waals surface area contributed by atoms with Gasteiger partial charge in [0.1, 0.15) is 5.82 Å². The van der Waals surface area contributed by atoms with Crippen LogP contribution in [0.25, 0.3) is 0 Å². The van der Waals surface area contributed by atoms with Gasteiger partial charge in [-0.25, -0.2) is 14.0 Å². The van der Waals surface area contributed by atoms with Gasteiger partial charge in [0.25, 0.3) is 5.91 Å². The highest BCUT2D eigenvalue weighted by Gasteiger charge is 2.26. The summed E-state index contributed by atoms with van der Waals surface area (Å²) in [5.41, 5.74) is 2.98. The van der Waals surface area contributed by atoms with E-state index in [1.165, 1.54) is 6.92 Å². The van der Waals surface area contributed by atoms with E-state index in [1.54, 1.807) is 0 Å². The number of hydrogen-bond acceptors (Lipinski definition) is 4. The van der Waals surface area contributed by atoms with Crippen LogP contribution in [0, 0.1) is 26.6 Å². The molecule has 2 aromatic carbocycles. The molecule has 0 saturated carbocycles. The number of anilines is 2. The molecule has 0 saturated heterocycles. The number of halogens is 1. The lowest BCUT2D eigenvalue weighted by Crippen LogP contribution is -2.47. The normalized spacial score (nSPS) is 12.6. The predicted molar refractivity (Wildman–Crippen MR) is 110 cm³/mol. The number of amides is 3. The van der Waals surface area contributed by atoms with Crippen molar-refractivity contribution in [1.82, 2.24) is 5.32 Å². The summed E-state index contributed by atoms with van der Waals surface area (Å²) >= 11 is 0. The Morgan fingerprint density at radius 3 is 2.13 bits per heavy atom. The van der Waals surface area contributed by atoms with E-state index in [1.807, 2.05) is 32.9 Å². The highest BCUT2D eigenvalue weighted by Crippen LogP contribution is 2.23. The van der Waals surface area contributed by atoms with Crippen molar-refractivity contribution in [3.8, 4) is 0 Å². The summed E-state index contributed by atoms with van der Waals surface area (Å²) < 4.78 is 13.7. The number of carbonyl (C=O) groups is 3. The fourth-order valence-corrected chi connectivity index (χ4v) is 3.07.